The Morgan fingerprint density at radius 1 is 1.15 bits per heavy atom. The van der Waals surface area contributed by atoms with Gasteiger partial charge in [-0.25, -0.2) is 0 Å². The van der Waals surface area contributed by atoms with Crippen LogP contribution in [0.3, 0.4) is 0 Å². The topological polar surface area (TPSA) is 23.5 Å². The summed E-state index contributed by atoms with van der Waals surface area (Å²) in [5.41, 5.74) is 0. The second kappa shape index (κ2) is 4.43. The highest BCUT2D eigenvalue weighted by Crippen LogP contribution is 2.34. The molecule has 2 bridgehead atoms. The van der Waals surface area contributed by atoms with Crippen LogP contribution in [0.1, 0.15) is 32.1 Å². The van der Waals surface area contributed by atoms with E-state index in [4.69, 9.17) is 5.11 Å². The van der Waals surface area contributed by atoms with Crippen molar-refractivity contribution in [1.82, 2.24) is 4.90 Å². The van der Waals surface area contributed by atoms with Crippen molar-refractivity contribution in [2.45, 2.75) is 32.1 Å². The summed E-state index contributed by atoms with van der Waals surface area (Å²) in [5, 5.41) is 8.72. The molecule has 13 heavy (non-hydrogen) atoms. The highest BCUT2D eigenvalue weighted by Gasteiger charge is 2.33. The molecule has 0 aromatic carbocycles. The maximum absolute atomic E-state index is 8.72. The molecule has 1 atom stereocenters. The van der Waals surface area contributed by atoms with Crippen molar-refractivity contribution < 1.29 is 5.11 Å². The van der Waals surface area contributed by atoms with Crippen molar-refractivity contribution in [2.75, 3.05) is 26.2 Å². The highest BCUT2D eigenvalue weighted by atomic mass is 16.2. The minimum absolute atomic E-state index is 0.376. The summed E-state index contributed by atoms with van der Waals surface area (Å²) in [7, 11) is 0. The van der Waals surface area contributed by atoms with E-state index in [-0.39, 0.29) is 0 Å². The van der Waals surface area contributed by atoms with Gasteiger partial charge in [-0.05, 0) is 50.6 Å². The maximum atomic E-state index is 8.72. The van der Waals surface area contributed by atoms with E-state index in [0.717, 1.165) is 18.3 Å². The normalized spacial score (nSPS) is 38.1. The molecule has 2 nitrogen and oxygen atoms in total. The third kappa shape index (κ3) is 2.23. The summed E-state index contributed by atoms with van der Waals surface area (Å²) in [4.78, 5) is 2.61. The van der Waals surface area contributed by atoms with Crippen LogP contribution >= 0.6 is 0 Å². The molecule has 0 spiro atoms. The number of nitrogens with zero attached hydrogens (tertiary/aromatic N) is 1. The van der Waals surface area contributed by atoms with E-state index in [1.807, 2.05) is 0 Å². The molecule has 3 heterocycles. The van der Waals surface area contributed by atoms with Crippen molar-refractivity contribution in [1.29, 1.82) is 0 Å². The first-order valence-corrected chi connectivity index (χ1v) is 5.73. The lowest BCUT2D eigenvalue weighted by Gasteiger charge is -2.45. The zero-order chi connectivity index (χ0) is 9.10. The van der Waals surface area contributed by atoms with E-state index >= 15 is 0 Å². The van der Waals surface area contributed by atoms with Crippen LogP contribution in [0.2, 0.25) is 0 Å². The van der Waals surface area contributed by atoms with Gasteiger partial charge >= 0.3 is 0 Å². The SMILES string of the molecule is OCCCCC1CN2CCC1CC2. The number of rotatable bonds is 4. The molecule has 3 fully saturated rings. The molecule has 0 aromatic heterocycles. The van der Waals surface area contributed by atoms with Crippen molar-refractivity contribution in [2.24, 2.45) is 11.8 Å². The molecule has 1 N–H and O–H groups in total. The lowest BCUT2D eigenvalue weighted by atomic mass is 9.77. The van der Waals surface area contributed by atoms with Gasteiger partial charge in [-0.1, -0.05) is 6.42 Å². The third-order valence-corrected chi connectivity index (χ3v) is 3.77. The van der Waals surface area contributed by atoms with E-state index in [1.165, 1.54) is 45.3 Å². The zero-order valence-corrected chi connectivity index (χ0v) is 8.41. The molecule has 76 valence electrons. The van der Waals surface area contributed by atoms with Crippen molar-refractivity contribution in [3.63, 3.8) is 0 Å². The molecule has 3 aliphatic rings. The second-order valence-corrected chi connectivity index (χ2v) is 4.62. The van der Waals surface area contributed by atoms with E-state index in [2.05, 4.69) is 4.90 Å². The number of piperidine rings is 3. The highest BCUT2D eigenvalue weighted by molar-refractivity contribution is 4.86. The minimum atomic E-state index is 0.376. The van der Waals surface area contributed by atoms with Gasteiger partial charge in [0.2, 0.25) is 0 Å². The summed E-state index contributed by atoms with van der Waals surface area (Å²) in [6, 6.07) is 0. The van der Waals surface area contributed by atoms with Gasteiger partial charge in [-0.15, -0.1) is 0 Å². The number of unbranched alkanes of at least 4 members (excludes halogenated alkanes) is 1. The smallest absolute Gasteiger partial charge is 0.0431 e. The fourth-order valence-corrected chi connectivity index (χ4v) is 2.93. The van der Waals surface area contributed by atoms with Gasteiger partial charge in [-0.3, -0.25) is 0 Å². The Bertz CT molecular complexity index is 152. The summed E-state index contributed by atoms with van der Waals surface area (Å²) >= 11 is 0. The van der Waals surface area contributed by atoms with Crippen LogP contribution in [-0.4, -0.2) is 36.2 Å². The Hall–Kier alpha value is -0.0800. The van der Waals surface area contributed by atoms with Crippen LogP contribution in [0.4, 0.5) is 0 Å². The summed E-state index contributed by atoms with van der Waals surface area (Å²) < 4.78 is 0. The lowest BCUT2D eigenvalue weighted by molar-refractivity contribution is 0.0448. The zero-order valence-electron chi connectivity index (χ0n) is 8.41. The number of hydrogen-bond acceptors (Lipinski definition) is 2. The number of aliphatic hydroxyl groups excluding tert-OH is 1. The molecule has 0 aliphatic carbocycles. The van der Waals surface area contributed by atoms with Gasteiger partial charge in [0.1, 0.15) is 0 Å². The molecule has 3 aliphatic heterocycles. The van der Waals surface area contributed by atoms with Crippen molar-refractivity contribution in [3.05, 3.63) is 0 Å². The van der Waals surface area contributed by atoms with Crippen LogP contribution in [0.5, 0.6) is 0 Å². The number of fused-ring (bicyclic) bond motifs is 3. The summed E-state index contributed by atoms with van der Waals surface area (Å²) in [6.07, 6.45) is 6.45. The fourth-order valence-electron chi connectivity index (χ4n) is 2.93. The summed E-state index contributed by atoms with van der Waals surface area (Å²) in [6.45, 7) is 4.42. The van der Waals surface area contributed by atoms with Gasteiger partial charge < -0.3 is 10.0 Å². The minimum Gasteiger partial charge on any atom is -0.396 e. The Morgan fingerprint density at radius 2 is 1.92 bits per heavy atom. The molecular weight excluding hydrogens is 162 g/mol. The quantitative estimate of drug-likeness (QED) is 0.668. The van der Waals surface area contributed by atoms with Gasteiger partial charge in [-0.2, -0.15) is 0 Å². The molecule has 2 heteroatoms. The largest absolute Gasteiger partial charge is 0.396 e. The van der Waals surface area contributed by atoms with Crippen LogP contribution in [0.15, 0.2) is 0 Å². The molecule has 0 saturated carbocycles. The van der Waals surface area contributed by atoms with Crippen LogP contribution in [-0.2, 0) is 0 Å². The Kier molecular flexibility index (Phi) is 3.23. The predicted octanol–water partition coefficient (Wildman–Crippen LogP) is 1.49. The fraction of sp³-hybridized carbons (Fsp3) is 1.00. The van der Waals surface area contributed by atoms with Gasteiger partial charge in [0.25, 0.3) is 0 Å². The maximum Gasteiger partial charge on any atom is 0.0431 e. The van der Waals surface area contributed by atoms with E-state index in [1.54, 1.807) is 0 Å². The van der Waals surface area contributed by atoms with E-state index in [0.29, 0.717) is 6.61 Å². The first-order chi connectivity index (χ1) is 6.40. The van der Waals surface area contributed by atoms with Gasteiger partial charge in [0.15, 0.2) is 0 Å². The molecule has 3 rings (SSSR count). The third-order valence-electron chi connectivity index (χ3n) is 3.77. The number of aliphatic hydroxyl groups is 1. The van der Waals surface area contributed by atoms with Crippen LogP contribution in [0.25, 0.3) is 0 Å². The molecule has 0 radical (unpaired) electrons. The lowest BCUT2D eigenvalue weighted by Crippen LogP contribution is -2.47. The molecule has 3 saturated heterocycles. The second-order valence-electron chi connectivity index (χ2n) is 4.62. The molecule has 1 unspecified atom stereocenters. The van der Waals surface area contributed by atoms with Crippen molar-refractivity contribution in [3.8, 4) is 0 Å². The van der Waals surface area contributed by atoms with Crippen LogP contribution < -0.4 is 0 Å². The van der Waals surface area contributed by atoms with Crippen molar-refractivity contribution >= 4 is 0 Å². The first-order valence-electron chi connectivity index (χ1n) is 5.73. The first kappa shape index (κ1) is 9.47. The standard InChI is InChI=1S/C11H21NO/c13-8-2-1-3-11-9-12-6-4-10(11)5-7-12/h10-11,13H,1-9H2. The monoisotopic (exact) mass is 183 g/mol. The van der Waals surface area contributed by atoms with E-state index < -0.39 is 0 Å². The van der Waals surface area contributed by atoms with Gasteiger partial charge in [0, 0.05) is 13.2 Å². The average molecular weight is 183 g/mol. The predicted molar refractivity (Wildman–Crippen MR) is 53.6 cm³/mol. The molecule has 0 aromatic rings. The Morgan fingerprint density at radius 3 is 2.46 bits per heavy atom. The summed E-state index contributed by atoms with van der Waals surface area (Å²) in [5.74, 6) is 1.97. The average Bonchev–Trinajstić information content (AvgIpc) is 2.20. The molecule has 0 amide bonds. The van der Waals surface area contributed by atoms with Crippen LogP contribution in [0, 0.1) is 11.8 Å². The van der Waals surface area contributed by atoms with Gasteiger partial charge in [0.05, 0.1) is 0 Å². The Labute approximate surface area is 80.9 Å². The van der Waals surface area contributed by atoms with E-state index in [9.17, 15) is 0 Å². The molecular formula is C11H21NO. The number of hydrogen-bond donors (Lipinski definition) is 1. The Balaban J connectivity index is 1.74.